The molecule has 6 nitrogen and oxygen atoms in total. The zero-order chi connectivity index (χ0) is 21.6. The van der Waals surface area contributed by atoms with Gasteiger partial charge in [0.1, 0.15) is 0 Å². The number of carboxylic acids is 1. The van der Waals surface area contributed by atoms with Crippen LogP contribution in [0.4, 0.5) is 10.8 Å². The Labute approximate surface area is 175 Å². The molecule has 1 aromatic heterocycles. The number of nitrogens with zero attached hydrogens (tertiary/aromatic N) is 3. The third-order valence-electron chi connectivity index (χ3n) is 5.48. The van der Waals surface area contributed by atoms with Crippen LogP contribution in [0.1, 0.15) is 68.9 Å². The summed E-state index contributed by atoms with van der Waals surface area (Å²) >= 11 is 1.67. The van der Waals surface area contributed by atoms with Gasteiger partial charge in [-0.3, -0.25) is 0 Å². The average Bonchev–Trinajstić information content (AvgIpc) is 3.10. The Hall–Kier alpha value is -2.41. The standard InChI is InChI=1S/C22H29N3O3S/c1-13(2)12-25(15-9-7-14(8-10-15)19(26)27)20-23-17-18(29-20)21(3,4)11-16(24-28)22(17,5)6/h7-10,13,28H,11-12H2,1-6H3,(H,26,27). The summed E-state index contributed by atoms with van der Waals surface area (Å²) < 4.78 is 0. The Kier molecular flexibility index (Phi) is 5.47. The van der Waals surface area contributed by atoms with Gasteiger partial charge in [-0.15, -0.1) is 11.3 Å². The zero-order valence-corrected chi connectivity index (χ0v) is 18.7. The van der Waals surface area contributed by atoms with Crippen molar-refractivity contribution in [1.82, 2.24) is 4.98 Å². The lowest BCUT2D eigenvalue weighted by Gasteiger charge is -2.38. The highest BCUT2D eigenvalue weighted by Gasteiger charge is 2.45. The predicted molar refractivity (Wildman–Crippen MR) is 117 cm³/mol. The molecule has 0 aliphatic heterocycles. The molecule has 7 heteroatoms. The molecular weight excluding hydrogens is 386 g/mol. The molecule has 0 amide bonds. The van der Waals surface area contributed by atoms with Crippen molar-refractivity contribution in [3.05, 3.63) is 40.4 Å². The number of anilines is 2. The fraction of sp³-hybridized carbons (Fsp3) is 0.500. The van der Waals surface area contributed by atoms with Crippen LogP contribution in [0.3, 0.4) is 0 Å². The first kappa shape index (κ1) is 21.3. The Balaban J connectivity index is 2.11. The van der Waals surface area contributed by atoms with E-state index in [0.29, 0.717) is 12.3 Å². The fourth-order valence-corrected chi connectivity index (χ4v) is 5.12. The maximum absolute atomic E-state index is 11.2. The number of carboxylic acid groups (broad SMARTS) is 1. The van der Waals surface area contributed by atoms with E-state index in [0.717, 1.165) is 28.8 Å². The van der Waals surface area contributed by atoms with Crippen LogP contribution in [0.2, 0.25) is 0 Å². The number of aromatic carboxylic acids is 1. The number of aromatic nitrogens is 1. The maximum atomic E-state index is 11.2. The van der Waals surface area contributed by atoms with Crippen molar-refractivity contribution in [3.63, 3.8) is 0 Å². The molecule has 1 aliphatic carbocycles. The predicted octanol–water partition coefficient (Wildman–Crippen LogP) is 5.42. The van der Waals surface area contributed by atoms with Crippen molar-refractivity contribution in [2.24, 2.45) is 11.1 Å². The van der Waals surface area contributed by atoms with E-state index < -0.39 is 11.4 Å². The van der Waals surface area contributed by atoms with E-state index in [4.69, 9.17) is 4.98 Å². The maximum Gasteiger partial charge on any atom is 0.335 e. The summed E-state index contributed by atoms with van der Waals surface area (Å²) in [5, 5.41) is 23.2. The number of thiazole rings is 1. The van der Waals surface area contributed by atoms with Crippen LogP contribution in [0.25, 0.3) is 0 Å². The van der Waals surface area contributed by atoms with Crippen LogP contribution in [-0.4, -0.2) is 33.5 Å². The highest BCUT2D eigenvalue weighted by Crippen LogP contribution is 2.49. The molecule has 29 heavy (non-hydrogen) atoms. The molecule has 0 saturated carbocycles. The third-order valence-corrected chi connectivity index (χ3v) is 6.92. The van der Waals surface area contributed by atoms with Crippen molar-refractivity contribution in [3.8, 4) is 0 Å². The van der Waals surface area contributed by atoms with E-state index in [-0.39, 0.29) is 11.0 Å². The van der Waals surface area contributed by atoms with E-state index in [2.05, 4.69) is 37.8 Å². The highest BCUT2D eigenvalue weighted by molar-refractivity contribution is 7.16. The average molecular weight is 416 g/mol. The van der Waals surface area contributed by atoms with Gasteiger partial charge in [-0.1, -0.05) is 32.9 Å². The Morgan fingerprint density at radius 2 is 1.86 bits per heavy atom. The summed E-state index contributed by atoms with van der Waals surface area (Å²) in [5.74, 6) is -0.540. The third kappa shape index (κ3) is 3.88. The van der Waals surface area contributed by atoms with Crippen LogP contribution >= 0.6 is 11.3 Å². The molecule has 0 bridgehead atoms. The molecule has 0 fully saturated rings. The summed E-state index contributed by atoms with van der Waals surface area (Å²) in [5.41, 5.74) is 2.28. The van der Waals surface area contributed by atoms with Gasteiger partial charge >= 0.3 is 5.97 Å². The van der Waals surface area contributed by atoms with Crippen molar-refractivity contribution in [2.45, 2.75) is 58.8 Å². The quantitative estimate of drug-likeness (QED) is 0.503. The van der Waals surface area contributed by atoms with E-state index in [1.807, 2.05) is 26.0 Å². The van der Waals surface area contributed by atoms with Gasteiger partial charge in [-0.25, -0.2) is 9.78 Å². The molecule has 156 valence electrons. The Morgan fingerprint density at radius 1 is 1.24 bits per heavy atom. The number of benzene rings is 1. The van der Waals surface area contributed by atoms with Crippen LogP contribution in [-0.2, 0) is 10.8 Å². The molecule has 0 unspecified atom stereocenters. The van der Waals surface area contributed by atoms with Gasteiger partial charge in [0, 0.05) is 27.9 Å². The molecule has 0 radical (unpaired) electrons. The van der Waals surface area contributed by atoms with E-state index in [9.17, 15) is 15.1 Å². The Morgan fingerprint density at radius 3 is 2.38 bits per heavy atom. The molecule has 1 heterocycles. The molecule has 0 saturated heterocycles. The summed E-state index contributed by atoms with van der Waals surface area (Å²) in [6.07, 6.45) is 0.683. The van der Waals surface area contributed by atoms with Crippen molar-refractivity contribution in [2.75, 3.05) is 11.4 Å². The number of oxime groups is 1. The lowest BCUT2D eigenvalue weighted by Crippen LogP contribution is -2.41. The largest absolute Gasteiger partial charge is 0.478 e. The van der Waals surface area contributed by atoms with Gasteiger partial charge in [0.15, 0.2) is 5.13 Å². The topological polar surface area (TPSA) is 86.0 Å². The first-order valence-electron chi connectivity index (χ1n) is 9.81. The minimum absolute atomic E-state index is 0.168. The molecule has 1 aliphatic rings. The van der Waals surface area contributed by atoms with Gasteiger partial charge < -0.3 is 15.2 Å². The summed E-state index contributed by atoms with van der Waals surface area (Å²) in [6, 6.07) is 6.93. The normalized spacial score (nSPS) is 18.7. The van der Waals surface area contributed by atoms with Gasteiger partial charge in [-0.05, 0) is 50.5 Å². The number of rotatable bonds is 5. The summed E-state index contributed by atoms with van der Waals surface area (Å²) in [7, 11) is 0. The SMILES string of the molecule is CC(C)CN(c1ccc(C(=O)O)cc1)c1nc2c(s1)C(C)(C)CC(=NO)C2(C)C. The second-order valence-corrected chi connectivity index (χ2v) is 10.2. The number of carbonyl (C=O) groups is 1. The lowest BCUT2D eigenvalue weighted by molar-refractivity contribution is 0.0697. The van der Waals surface area contributed by atoms with Gasteiger partial charge in [0.2, 0.25) is 0 Å². The Bertz CT molecular complexity index is 943. The molecule has 3 rings (SSSR count). The zero-order valence-electron chi connectivity index (χ0n) is 17.9. The summed E-state index contributed by atoms with van der Waals surface area (Å²) in [4.78, 5) is 19.6. The molecule has 2 N–H and O–H groups in total. The van der Waals surface area contributed by atoms with Crippen LogP contribution in [0, 0.1) is 5.92 Å². The van der Waals surface area contributed by atoms with Gasteiger partial charge in [0.05, 0.1) is 17.0 Å². The monoisotopic (exact) mass is 415 g/mol. The van der Waals surface area contributed by atoms with Gasteiger partial charge in [0.25, 0.3) is 0 Å². The first-order chi connectivity index (χ1) is 13.5. The van der Waals surface area contributed by atoms with Crippen molar-refractivity contribution < 1.29 is 15.1 Å². The molecule has 2 aromatic rings. The van der Waals surface area contributed by atoms with Crippen LogP contribution in [0.5, 0.6) is 0 Å². The highest BCUT2D eigenvalue weighted by atomic mass is 32.1. The summed E-state index contributed by atoms with van der Waals surface area (Å²) in [6.45, 7) is 13.5. The van der Waals surface area contributed by atoms with Crippen LogP contribution < -0.4 is 4.90 Å². The van der Waals surface area contributed by atoms with Gasteiger partial charge in [-0.2, -0.15) is 0 Å². The molecule has 1 aromatic carbocycles. The van der Waals surface area contributed by atoms with E-state index >= 15 is 0 Å². The second kappa shape index (κ2) is 7.44. The second-order valence-electron chi connectivity index (χ2n) is 9.26. The minimum Gasteiger partial charge on any atom is -0.478 e. The number of hydrogen-bond acceptors (Lipinski definition) is 6. The van der Waals surface area contributed by atoms with Crippen molar-refractivity contribution >= 4 is 33.8 Å². The first-order valence-corrected chi connectivity index (χ1v) is 10.6. The van der Waals surface area contributed by atoms with E-state index in [1.165, 1.54) is 4.88 Å². The van der Waals surface area contributed by atoms with E-state index in [1.54, 1.807) is 23.5 Å². The lowest BCUT2D eigenvalue weighted by atomic mass is 9.67. The fourth-order valence-electron chi connectivity index (χ4n) is 3.77. The smallest absolute Gasteiger partial charge is 0.335 e. The molecular formula is C22H29N3O3S. The molecule has 0 spiro atoms. The van der Waals surface area contributed by atoms with Crippen LogP contribution in [0.15, 0.2) is 29.4 Å². The number of fused-ring (bicyclic) bond motifs is 1. The van der Waals surface area contributed by atoms with Crippen molar-refractivity contribution in [1.29, 1.82) is 0 Å². The molecule has 0 atom stereocenters. The number of hydrogen-bond donors (Lipinski definition) is 2. The minimum atomic E-state index is -0.934.